The number of aliphatic hydroxyl groups excluding tert-OH is 1. The third-order valence-electron chi connectivity index (χ3n) is 9.71. The van der Waals surface area contributed by atoms with E-state index in [9.17, 15) is 14.4 Å². The molecule has 274 valence electrons. The Morgan fingerprint density at radius 1 is 1.04 bits per heavy atom. The Labute approximate surface area is 303 Å². The van der Waals surface area contributed by atoms with E-state index in [0.717, 1.165) is 32.0 Å². The van der Waals surface area contributed by atoms with Crippen molar-refractivity contribution in [2.45, 2.75) is 57.2 Å². The summed E-state index contributed by atoms with van der Waals surface area (Å²) in [7, 11) is 2.13. The van der Waals surface area contributed by atoms with Crippen molar-refractivity contribution in [2.24, 2.45) is 0 Å². The normalized spacial score (nSPS) is 19.6. The van der Waals surface area contributed by atoms with E-state index in [1.807, 2.05) is 55.6 Å². The second-order valence-corrected chi connectivity index (χ2v) is 14.9. The molecule has 1 fully saturated rings. The summed E-state index contributed by atoms with van der Waals surface area (Å²) in [6, 6.07) is 13.5. The van der Waals surface area contributed by atoms with Gasteiger partial charge in [0.15, 0.2) is 17.8 Å². The largest absolute Gasteiger partial charge is 0.480 e. The molecule has 0 radical (unpaired) electrons. The van der Waals surface area contributed by atoms with Crippen molar-refractivity contribution in [1.82, 2.24) is 40.0 Å². The number of aromatic nitrogens is 4. The van der Waals surface area contributed by atoms with E-state index in [-0.39, 0.29) is 24.4 Å². The van der Waals surface area contributed by atoms with Gasteiger partial charge in [-0.15, -0.1) is 10.2 Å². The Bertz CT molecular complexity index is 1990. The minimum absolute atomic E-state index is 0.0628. The van der Waals surface area contributed by atoms with Gasteiger partial charge in [0.1, 0.15) is 23.1 Å². The quantitative estimate of drug-likeness (QED) is 0.141. The fourth-order valence-electron chi connectivity index (χ4n) is 6.62. The number of ether oxygens (including phenoxy) is 1. The summed E-state index contributed by atoms with van der Waals surface area (Å²) in [5.74, 6) is 0.915. The van der Waals surface area contributed by atoms with Gasteiger partial charge < -0.3 is 30.7 Å². The zero-order chi connectivity index (χ0) is 37.3. The molecule has 1 aromatic carbocycles. The van der Waals surface area contributed by atoms with E-state index in [1.54, 1.807) is 30.4 Å². The van der Waals surface area contributed by atoms with Crippen LogP contribution in [0.15, 0.2) is 66.9 Å². The smallest absolute Gasteiger partial charge is 0.320 e. The Hall–Kier alpha value is -5.18. The molecule has 14 nitrogen and oxygen atoms in total. The van der Waals surface area contributed by atoms with Gasteiger partial charge in [0.25, 0.3) is 5.91 Å². The maximum absolute atomic E-state index is 13.6. The fraction of sp³-hybridized carbons (Fsp3) is 0.421. The molecule has 3 aromatic heterocycles. The van der Waals surface area contributed by atoms with Crippen LogP contribution >= 0.6 is 0 Å². The van der Waals surface area contributed by atoms with Crippen molar-refractivity contribution in [1.29, 1.82) is 0 Å². The van der Waals surface area contributed by atoms with Crippen LogP contribution in [0.3, 0.4) is 0 Å². The van der Waals surface area contributed by atoms with Crippen LogP contribution in [0.2, 0.25) is 0 Å². The molecule has 1 saturated heterocycles. The zero-order valence-corrected chi connectivity index (χ0v) is 30.5. The first kappa shape index (κ1) is 36.6. The third kappa shape index (κ3) is 7.40. The number of fused-ring (bicyclic) bond motifs is 2. The molecular weight excluding hydrogens is 662 g/mol. The van der Waals surface area contributed by atoms with Crippen LogP contribution in [0.5, 0.6) is 5.75 Å². The van der Waals surface area contributed by atoms with E-state index in [0.29, 0.717) is 40.2 Å². The summed E-state index contributed by atoms with van der Waals surface area (Å²) >= 11 is 0. The van der Waals surface area contributed by atoms with Crippen molar-refractivity contribution in [3.8, 4) is 5.75 Å². The number of aldehydes is 1. The number of anilines is 1. The summed E-state index contributed by atoms with van der Waals surface area (Å²) in [5.41, 5.74) is 0.652. The summed E-state index contributed by atoms with van der Waals surface area (Å²) in [6.07, 6.45) is 5.41. The van der Waals surface area contributed by atoms with E-state index < -0.39 is 29.0 Å². The number of pyridine rings is 2. The number of carbonyl (C=O) groups is 3. The highest BCUT2D eigenvalue weighted by Gasteiger charge is 2.39. The number of amides is 3. The van der Waals surface area contributed by atoms with Gasteiger partial charge in [0, 0.05) is 55.1 Å². The lowest BCUT2D eigenvalue weighted by atomic mass is 9.81. The molecule has 0 spiro atoms. The number of hydrogen-bond donors (Lipinski definition) is 4. The van der Waals surface area contributed by atoms with Crippen LogP contribution in [0.25, 0.3) is 5.65 Å². The third-order valence-corrected chi connectivity index (χ3v) is 9.71. The average molecular weight is 710 g/mol. The number of nitrogens with zero attached hydrogens (tertiary/aromatic N) is 6. The maximum Gasteiger partial charge on any atom is 0.320 e. The first-order valence-electron chi connectivity index (χ1n) is 17.5. The Kier molecular flexibility index (Phi) is 10.2. The molecule has 4 N–H and O–H groups in total. The first-order valence-corrected chi connectivity index (χ1v) is 17.5. The molecule has 0 saturated carbocycles. The van der Waals surface area contributed by atoms with Crippen LogP contribution in [0.4, 0.5) is 10.5 Å². The molecule has 14 heteroatoms. The number of hydrogen-bond acceptors (Lipinski definition) is 10. The van der Waals surface area contributed by atoms with E-state index >= 15 is 0 Å². The first-order chi connectivity index (χ1) is 24.7. The number of rotatable bonds is 10. The number of urea groups is 1. The van der Waals surface area contributed by atoms with E-state index in [4.69, 9.17) is 9.84 Å². The Morgan fingerprint density at radius 3 is 2.50 bits per heavy atom. The second kappa shape index (κ2) is 14.4. The minimum atomic E-state index is -1.50. The molecule has 4 heterocycles. The minimum Gasteiger partial charge on any atom is -0.480 e. The zero-order valence-electron chi connectivity index (χ0n) is 30.5. The number of nitrogens with one attached hydrogen (secondary N) is 3. The van der Waals surface area contributed by atoms with Crippen LogP contribution in [0, 0.1) is 0 Å². The van der Waals surface area contributed by atoms with Gasteiger partial charge in [0.05, 0.1) is 18.3 Å². The summed E-state index contributed by atoms with van der Waals surface area (Å²) in [4.78, 5) is 48.4. The lowest BCUT2D eigenvalue weighted by molar-refractivity contribution is -0.111. The van der Waals surface area contributed by atoms with Crippen LogP contribution in [-0.4, -0.2) is 99.1 Å². The van der Waals surface area contributed by atoms with Crippen LogP contribution in [-0.2, 0) is 21.3 Å². The Morgan fingerprint density at radius 2 is 1.79 bits per heavy atom. The topological polar surface area (TPSA) is 166 Å². The number of piperazine rings is 1. The number of carbonyl (C=O) groups excluding carboxylic acids is 3. The van der Waals surface area contributed by atoms with Crippen molar-refractivity contribution in [3.05, 3.63) is 95.2 Å². The molecule has 52 heavy (non-hydrogen) atoms. The van der Waals surface area contributed by atoms with Gasteiger partial charge in [-0.3, -0.25) is 18.9 Å². The standard InChI is InChI=1S/C38H47N9O5/c1-36(2,3)31-22-25(21-29(41-31)33(50)39-15-20-48)40-35(51)42-38(24-49)14-13-30(27-9-7-8-10-28(27)38)52-26-11-12-32-43-44-34(47(32)23-26)37(4,5)46-18-16-45(6)17-19-46/h7-14,21-24,30,48H,15-20H2,1-6H3,(H,39,50)(H2,40,41,42,51)/t30-,38-/m1/s1. The number of likely N-dealkylation sites (N-methyl/N-ethyl adjacent to an activating group) is 1. The Balaban J connectivity index is 1.24. The molecule has 2 aliphatic rings. The van der Waals surface area contributed by atoms with E-state index in [2.05, 4.69) is 61.8 Å². The molecule has 0 unspecified atom stereocenters. The predicted octanol–water partition coefficient (Wildman–Crippen LogP) is 3.53. The van der Waals surface area contributed by atoms with Crippen molar-refractivity contribution in [2.75, 3.05) is 51.7 Å². The lowest BCUT2D eigenvalue weighted by Crippen LogP contribution is -2.52. The summed E-state index contributed by atoms with van der Waals surface area (Å²) in [5, 5.41) is 26.4. The molecule has 0 bridgehead atoms. The summed E-state index contributed by atoms with van der Waals surface area (Å²) < 4.78 is 8.52. The highest BCUT2D eigenvalue weighted by Crippen LogP contribution is 2.38. The van der Waals surface area contributed by atoms with E-state index in [1.165, 1.54) is 6.07 Å². The van der Waals surface area contributed by atoms with Crippen molar-refractivity contribution in [3.63, 3.8) is 0 Å². The van der Waals surface area contributed by atoms with Gasteiger partial charge in [-0.1, -0.05) is 45.0 Å². The van der Waals surface area contributed by atoms with Crippen LogP contribution in [0.1, 0.15) is 73.9 Å². The average Bonchev–Trinajstić information content (AvgIpc) is 3.55. The lowest BCUT2D eigenvalue weighted by Gasteiger charge is -2.42. The molecule has 4 aromatic rings. The highest BCUT2D eigenvalue weighted by atomic mass is 16.5. The number of aliphatic hydroxyl groups is 1. The molecular formula is C38H47N9O5. The fourth-order valence-corrected chi connectivity index (χ4v) is 6.62. The van der Waals surface area contributed by atoms with Gasteiger partial charge in [-0.2, -0.15) is 0 Å². The maximum atomic E-state index is 13.6. The molecule has 3 amide bonds. The molecule has 6 rings (SSSR count). The van der Waals surface area contributed by atoms with Gasteiger partial charge in [-0.25, -0.2) is 9.78 Å². The van der Waals surface area contributed by atoms with Crippen molar-refractivity contribution >= 4 is 29.6 Å². The second-order valence-electron chi connectivity index (χ2n) is 14.9. The van der Waals surface area contributed by atoms with Crippen LogP contribution < -0.4 is 20.7 Å². The summed E-state index contributed by atoms with van der Waals surface area (Å²) in [6.45, 7) is 13.8. The molecule has 1 aliphatic heterocycles. The van der Waals surface area contributed by atoms with Gasteiger partial charge in [0.2, 0.25) is 0 Å². The highest BCUT2D eigenvalue weighted by molar-refractivity contribution is 5.96. The van der Waals surface area contributed by atoms with Crippen molar-refractivity contribution < 1.29 is 24.2 Å². The number of benzene rings is 1. The molecule has 2 atom stereocenters. The SMILES string of the molecule is CN1CCN(C(C)(C)c2nnc3ccc(O[C@@H]4C=C[C@](C=O)(NC(=O)Nc5cc(C(=O)NCCO)nc(C(C)(C)C)c5)c5ccccc54)cn23)CC1. The predicted molar refractivity (Wildman–Crippen MR) is 196 cm³/mol. The monoisotopic (exact) mass is 709 g/mol. The van der Waals surface area contributed by atoms with Gasteiger partial charge >= 0.3 is 6.03 Å². The van der Waals surface area contributed by atoms with Gasteiger partial charge in [-0.05, 0) is 62.9 Å². The molecule has 1 aliphatic carbocycles.